The Morgan fingerprint density at radius 3 is 2.49 bits per heavy atom. The number of non-ortho nitro benzene ring substituents is 1. The molecular weight excluding hydrogens is 550 g/mol. The van der Waals surface area contributed by atoms with Crippen molar-refractivity contribution in [1.29, 1.82) is 0 Å². The summed E-state index contributed by atoms with van der Waals surface area (Å²) < 4.78 is 5.05. The van der Waals surface area contributed by atoms with Gasteiger partial charge in [-0.25, -0.2) is 0 Å². The molecule has 0 fully saturated rings. The number of nitro groups is 1. The number of nitrogens with zero attached hydrogens (tertiary/aromatic N) is 3. The Labute approximate surface area is 239 Å². The van der Waals surface area contributed by atoms with Gasteiger partial charge in [0.15, 0.2) is 5.84 Å². The van der Waals surface area contributed by atoms with E-state index in [-0.39, 0.29) is 41.8 Å². The molecule has 0 aliphatic carbocycles. The van der Waals surface area contributed by atoms with Crippen LogP contribution >= 0.6 is 11.3 Å². The third-order valence-electron chi connectivity index (χ3n) is 6.59. The third-order valence-corrected chi connectivity index (χ3v) is 7.83. The number of thiophene rings is 1. The monoisotopic (exact) mass is 579 g/mol. The predicted molar refractivity (Wildman–Crippen MR) is 151 cm³/mol. The van der Waals surface area contributed by atoms with E-state index in [0.29, 0.717) is 37.2 Å². The normalized spacial score (nSPS) is 13.7. The molecule has 1 aliphatic heterocycles. The fourth-order valence-electron chi connectivity index (χ4n) is 4.53. The van der Waals surface area contributed by atoms with Gasteiger partial charge in [0.2, 0.25) is 5.91 Å². The van der Waals surface area contributed by atoms with Gasteiger partial charge in [-0.1, -0.05) is 29.4 Å². The van der Waals surface area contributed by atoms with E-state index >= 15 is 0 Å². The second-order valence-electron chi connectivity index (χ2n) is 9.37. The van der Waals surface area contributed by atoms with Crippen molar-refractivity contribution in [3.8, 4) is 0 Å². The smallest absolute Gasteiger partial charge is 0.311 e. The van der Waals surface area contributed by atoms with Crippen molar-refractivity contribution in [3.63, 3.8) is 0 Å². The van der Waals surface area contributed by atoms with Crippen LogP contribution in [0.3, 0.4) is 0 Å². The fraction of sp³-hybridized carbons (Fsp3) is 0.286. The SMILES string of the molecule is CCOC(=O)Cc1cc2c(s1)CCN(C(=O)[C@H](Cc1ccc([N+](=O)[O-])cc1)NC(=O)c1ccc(C(N)=NO)cc1)C2. The second-order valence-corrected chi connectivity index (χ2v) is 10.6. The van der Waals surface area contributed by atoms with Crippen molar-refractivity contribution in [3.05, 3.63) is 96.7 Å². The van der Waals surface area contributed by atoms with Gasteiger partial charge >= 0.3 is 5.97 Å². The zero-order valence-corrected chi connectivity index (χ0v) is 23.1. The number of carbonyl (C=O) groups excluding carboxylic acids is 3. The van der Waals surface area contributed by atoms with Crippen LogP contribution in [0.2, 0.25) is 0 Å². The van der Waals surface area contributed by atoms with Crippen LogP contribution in [-0.2, 0) is 40.1 Å². The number of amidine groups is 1. The molecule has 0 saturated carbocycles. The number of ether oxygens (including phenoxy) is 1. The summed E-state index contributed by atoms with van der Waals surface area (Å²) in [6, 6.07) is 12.8. The zero-order chi connectivity index (χ0) is 29.5. The van der Waals surface area contributed by atoms with Crippen LogP contribution < -0.4 is 11.1 Å². The van der Waals surface area contributed by atoms with E-state index in [9.17, 15) is 24.5 Å². The molecule has 12 nitrogen and oxygen atoms in total. The van der Waals surface area contributed by atoms with Gasteiger partial charge < -0.3 is 25.9 Å². The molecule has 0 bridgehead atoms. The van der Waals surface area contributed by atoms with Crippen LogP contribution in [0.4, 0.5) is 5.69 Å². The maximum absolute atomic E-state index is 13.8. The molecule has 0 spiro atoms. The molecule has 214 valence electrons. The molecule has 0 saturated heterocycles. The molecule has 1 aromatic heterocycles. The topological polar surface area (TPSA) is 177 Å². The average Bonchev–Trinajstić information content (AvgIpc) is 3.37. The number of rotatable bonds is 10. The quantitative estimate of drug-likeness (QED) is 0.0820. The summed E-state index contributed by atoms with van der Waals surface area (Å²) in [5.74, 6) is -1.20. The molecule has 2 amide bonds. The number of benzene rings is 2. The van der Waals surface area contributed by atoms with Gasteiger partial charge in [-0.3, -0.25) is 24.5 Å². The number of nitrogens with one attached hydrogen (secondary N) is 1. The standard InChI is InChI=1S/C28H29N5O7S/c1-2-40-25(34)15-22-14-20-16-32(12-11-24(20)41-22)28(36)23(13-17-3-9-21(10-4-17)33(38)39)30-27(35)19-7-5-18(6-8-19)26(29)31-37/h3-10,14,23,37H,2,11-13,15-16H2,1H3,(H2,29,31)(H,30,35)/t23-/m0/s1. The first-order valence-electron chi connectivity index (χ1n) is 12.9. The van der Waals surface area contributed by atoms with Gasteiger partial charge in [0, 0.05) is 52.5 Å². The van der Waals surface area contributed by atoms with Crippen molar-refractivity contribution in [2.45, 2.75) is 38.8 Å². The van der Waals surface area contributed by atoms with Gasteiger partial charge in [0.1, 0.15) is 6.04 Å². The molecule has 2 aromatic carbocycles. The molecule has 2 heterocycles. The Hall–Kier alpha value is -4.78. The van der Waals surface area contributed by atoms with E-state index < -0.39 is 16.9 Å². The summed E-state index contributed by atoms with van der Waals surface area (Å²) in [6.07, 6.45) is 0.904. The molecule has 0 unspecified atom stereocenters. The molecule has 41 heavy (non-hydrogen) atoms. The fourth-order valence-corrected chi connectivity index (χ4v) is 5.68. The minimum Gasteiger partial charge on any atom is -0.466 e. The molecule has 4 N–H and O–H groups in total. The van der Waals surface area contributed by atoms with Crippen molar-refractivity contribution >= 4 is 40.6 Å². The first-order valence-corrected chi connectivity index (χ1v) is 13.7. The Bertz CT molecular complexity index is 1470. The molecule has 0 radical (unpaired) electrons. The third kappa shape index (κ3) is 7.25. The van der Waals surface area contributed by atoms with Gasteiger partial charge in [0.05, 0.1) is 18.0 Å². The number of amides is 2. The minimum atomic E-state index is -0.952. The van der Waals surface area contributed by atoms with Gasteiger partial charge in [-0.2, -0.15) is 0 Å². The van der Waals surface area contributed by atoms with Gasteiger partial charge in [-0.15, -0.1) is 11.3 Å². The number of carbonyl (C=O) groups is 3. The minimum absolute atomic E-state index is 0.0777. The summed E-state index contributed by atoms with van der Waals surface area (Å²) in [6.45, 7) is 2.83. The maximum Gasteiger partial charge on any atom is 0.311 e. The van der Waals surface area contributed by atoms with E-state index in [1.54, 1.807) is 24.0 Å². The van der Waals surface area contributed by atoms with E-state index in [1.807, 2.05) is 6.07 Å². The van der Waals surface area contributed by atoms with Gasteiger partial charge in [0.25, 0.3) is 11.6 Å². The summed E-state index contributed by atoms with van der Waals surface area (Å²) >= 11 is 1.53. The summed E-state index contributed by atoms with van der Waals surface area (Å²) in [5.41, 5.74) is 7.80. The van der Waals surface area contributed by atoms with Crippen LogP contribution in [0.5, 0.6) is 0 Å². The van der Waals surface area contributed by atoms with Crippen molar-refractivity contribution in [2.75, 3.05) is 13.2 Å². The molecular formula is C28H29N5O7S. The number of hydrogen-bond acceptors (Lipinski definition) is 9. The highest BCUT2D eigenvalue weighted by Gasteiger charge is 2.30. The van der Waals surface area contributed by atoms with E-state index in [4.69, 9.17) is 15.7 Å². The molecule has 1 atom stereocenters. The first-order chi connectivity index (χ1) is 19.7. The lowest BCUT2D eigenvalue weighted by molar-refractivity contribution is -0.384. The number of esters is 1. The Kier molecular flexibility index (Phi) is 9.30. The summed E-state index contributed by atoms with van der Waals surface area (Å²) in [5, 5.41) is 25.7. The van der Waals surface area contributed by atoms with Crippen LogP contribution in [0.15, 0.2) is 59.8 Å². The van der Waals surface area contributed by atoms with Crippen molar-refractivity contribution < 1.29 is 29.3 Å². The molecule has 4 rings (SSSR count). The Balaban J connectivity index is 1.53. The number of oxime groups is 1. The molecule has 3 aromatic rings. The number of hydrogen-bond donors (Lipinski definition) is 3. The second kappa shape index (κ2) is 13.0. The lowest BCUT2D eigenvalue weighted by Gasteiger charge is -2.31. The van der Waals surface area contributed by atoms with Gasteiger partial charge in [-0.05, 0) is 42.7 Å². The number of fused-ring (bicyclic) bond motifs is 1. The van der Waals surface area contributed by atoms with Crippen molar-refractivity contribution in [2.24, 2.45) is 10.9 Å². The highest BCUT2D eigenvalue weighted by molar-refractivity contribution is 7.12. The molecule has 1 aliphatic rings. The maximum atomic E-state index is 13.8. The largest absolute Gasteiger partial charge is 0.466 e. The van der Waals surface area contributed by atoms with E-state index in [0.717, 1.165) is 15.3 Å². The van der Waals surface area contributed by atoms with E-state index in [2.05, 4.69) is 10.5 Å². The summed E-state index contributed by atoms with van der Waals surface area (Å²) in [7, 11) is 0. The Morgan fingerprint density at radius 1 is 1.17 bits per heavy atom. The van der Waals surface area contributed by atoms with Crippen LogP contribution in [0.1, 0.15) is 43.7 Å². The highest BCUT2D eigenvalue weighted by atomic mass is 32.1. The van der Waals surface area contributed by atoms with Crippen molar-refractivity contribution in [1.82, 2.24) is 10.2 Å². The average molecular weight is 580 g/mol. The number of nitro benzene ring substituents is 1. The summed E-state index contributed by atoms with van der Waals surface area (Å²) in [4.78, 5) is 53.1. The van der Waals surface area contributed by atoms with E-state index in [1.165, 1.54) is 47.7 Å². The predicted octanol–water partition coefficient (Wildman–Crippen LogP) is 2.78. The first kappa shape index (κ1) is 29.2. The Morgan fingerprint density at radius 2 is 1.85 bits per heavy atom. The highest BCUT2D eigenvalue weighted by Crippen LogP contribution is 2.29. The van der Waals surface area contributed by atoms with Crippen LogP contribution in [0.25, 0.3) is 0 Å². The van der Waals surface area contributed by atoms with Crippen LogP contribution in [-0.4, -0.2) is 57.8 Å². The molecule has 13 heteroatoms. The lowest BCUT2D eigenvalue weighted by Crippen LogP contribution is -2.50. The lowest BCUT2D eigenvalue weighted by atomic mass is 10.0. The number of nitrogens with two attached hydrogens (primary N) is 1. The van der Waals surface area contributed by atoms with Crippen LogP contribution in [0, 0.1) is 10.1 Å². The zero-order valence-electron chi connectivity index (χ0n) is 22.2.